The van der Waals surface area contributed by atoms with Gasteiger partial charge >= 0.3 is 5.97 Å². The summed E-state index contributed by atoms with van der Waals surface area (Å²) in [6.45, 7) is 12.5. The Morgan fingerprint density at radius 2 is 2.05 bits per heavy atom. The van der Waals surface area contributed by atoms with Crippen LogP contribution in [0, 0.1) is 17.3 Å². The highest BCUT2D eigenvalue weighted by Gasteiger charge is 2.65. The second-order valence-corrected chi connectivity index (χ2v) is 6.93. The molecule has 1 saturated heterocycles. The molecule has 0 aromatic carbocycles. The van der Waals surface area contributed by atoms with Gasteiger partial charge in [-0.15, -0.1) is 0 Å². The number of fused-ring (bicyclic) bond motifs is 1. The molecule has 0 N–H and O–H groups in total. The number of hydrogen-bond donors (Lipinski definition) is 0. The van der Waals surface area contributed by atoms with Crippen LogP contribution in [-0.2, 0) is 14.3 Å². The van der Waals surface area contributed by atoms with E-state index in [1.807, 2.05) is 13.0 Å². The van der Waals surface area contributed by atoms with E-state index in [9.17, 15) is 4.79 Å². The lowest BCUT2D eigenvalue weighted by molar-refractivity contribution is -0.143. The van der Waals surface area contributed by atoms with Crippen LogP contribution in [0.4, 0.5) is 0 Å². The molecular weight excluding hydrogens is 240 g/mol. The van der Waals surface area contributed by atoms with Crippen LogP contribution in [0.3, 0.4) is 0 Å². The molecule has 1 aliphatic heterocycles. The molecule has 0 unspecified atom stereocenters. The van der Waals surface area contributed by atoms with Crippen LogP contribution in [-0.4, -0.2) is 23.8 Å². The summed E-state index contributed by atoms with van der Waals surface area (Å²) in [6.07, 6.45) is 5.56. The Bertz CT molecular complexity index is 399. The first kappa shape index (κ1) is 14.6. The maximum absolute atomic E-state index is 10.9. The molecule has 2 fully saturated rings. The van der Waals surface area contributed by atoms with Gasteiger partial charge in [0.25, 0.3) is 0 Å². The molecule has 0 aromatic heterocycles. The zero-order valence-electron chi connectivity index (χ0n) is 12.9. The molecule has 108 valence electrons. The Balaban J connectivity index is 2.12. The molecule has 0 aromatic rings. The molecule has 1 aliphatic carbocycles. The number of esters is 1. The zero-order valence-corrected chi connectivity index (χ0v) is 12.9. The number of carbonyl (C=O) groups is 1. The molecule has 2 aliphatic rings. The molecule has 0 amide bonds. The summed E-state index contributed by atoms with van der Waals surface area (Å²) in [6, 6.07) is 0. The van der Waals surface area contributed by atoms with Crippen LogP contribution < -0.4 is 0 Å². The van der Waals surface area contributed by atoms with Crippen LogP contribution in [0.1, 0.15) is 48.0 Å². The number of carbonyl (C=O) groups excluding carboxylic acids is 1. The SMILES string of the molecule is CC(=O)O[C@@H](C)C=C[C@@H]1C(C)(C)[C@H](C)C[C@H]2O[C@@]12C. The van der Waals surface area contributed by atoms with Crippen LogP contribution >= 0.6 is 0 Å². The van der Waals surface area contributed by atoms with Gasteiger partial charge in [0.15, 0.2) is 0 Å². The molecule has 19 heavy (non-hydrogen) atoms. The molecular formula is C16H26O3. The maximum Gasteiger partial charge on any atom is 0.303 e. The Kier molecular flexibility index (Phi) is 3.54. The summed E-state index contributed by atoms with van der Waals surface area (Å²) in [4.78, 5) is 10.9. The lowest BCUT2D eigenvalue weighted by Crippen LogP contribution is -2.44. The van der Waals surface area contributed by atoms with Gasteiger partial charge in [-0.2, -0.15) is 0 Å². The van der Waals surface area contributed by atoms with Crippen molar-refractivity contribution in [3.63, 3.8) is 0 Å². The first-order valence-electron chi connectivity index (χ1n) is 7.21. The summed E-state index contributed by atoms with van der Waals surface area (Å²) in [5, 5.41) is 0. The topological polar surface area (TPSA) is 38.8 Å². The van der Waals surface area contributed by atoms with Crippen molar-refractivity contribution in [2.75, 3.05) is 0 Å². The first-order chi connectivity index (χ1) is 8.68. The fourth-order valence-electron chi connectivity index (χ4n) is 3.51. The lowest BCUT2D eigenvalue weighted by atomic mass is 9.59. The second kappa shape index (κ2) is 4.62. The quantitative estimate of drug-likeness (QED) is 0.447. The van der Waals surface area contributed by atoms with Crippen molar-refractivity contribution in [1.82, 2.24) is 0 Å². The molecule has 0 spiro atoms. The van der Waals surface area contributed by atoms with Crippen molar-refractivity contribution in [2.24, 2.45) is 17.3 Å². The molecule has 5 atom stereocenters. The predicted molar refractivity (Wildman–Crippen MR) is 74.7 cm³/mol. The van der Waals surface area contributed by atoms with Crippen molar-refractivity contribution in [2.45, 2.75) is 65.8 Å². The van der Waals surface area contributed by atoms with Crippen LogP contribution in [0.2, 0.25) is 0 Å². The van der Waals surface area contributed by atoms with Gasteiger partial charge in [0.1, 0.15) is 6.10 Å². The van der Waals surface area contributed by atoms with Gasteiger partial charge in [-0.05, 0) is 37.7 Å². The number of rotatable bonds is 3. The monoisotopic (exact) mass is 266 g/mol. The Morgan fingerprint density at radius 1 is 1.42 bits per heavy atom. The molecule has 1 heterocycles. The van der Waals surface area contributed by atoms with E-state index in [0.29, 0.717) is 17.9 Å². The minimum atomic E-state index is -0.236. The van der Waals surface area contributed by atoms with Crippen LogP contribution in [0.15, 0.2) is 12.2 Å². The Morgan fingerprint density at radius 3 is 2.63 bits per heavy atom. The van der Waals surface area contributed by atoms with E-state index < -0.39 is 0 Å². The third kappa shape index (κ3) is 2.58. The van der Waals surface area contributed by atoms with E-state index in [-0.39, 0.29) is 23.1 Å². The molecule has 1 saturated carbocycles. The zero-order chi connectivity index (χ0) is 14.4. The third-order valence-electron chi connectivity index (χ3n) is 5.16. The summed E-state index contributed by atoms with van der Waals surface area (Å²) in [7, 11) is 0. The summed E-state index contributed by atoms with van der Waals surface area (Å²) < 4.78 is 11.1. The van der Waals surface area contributed by atoms with Crippen molar-refractivity contribution < 1.29 is 14.3 Å². The van der Waals surface area contributed by atoms with Gasteiger partial charge in [-0.1, -0.05) is 26.8 Å². The normalized spacial score (nSPS) is 41.7. The standard InChI is InChI=1S/C16H26O3/c1-10-9-14-16(6,19-14)13(15(10,4)5)8-7-11(2)18-12(3)17/h7-8,10-11,13-14H,9H2,1-6H3/t10-,11+,13-,14-,16+/m1/s1. The second-order valence-electron chi connectivity index (χ2n) is 6.93. The highest BCUT2D eigenvalue weighted by atomic mass is 16.6. The average Bonchev–Trinajstić information content (AvgIpc) is 2.87. The predicted octanol–water partition coefficient (Wildman–Crippen LogP) is 3.33. The minimum Gasteiger partial charge on any atom is -0.459 e. The minimum absolute atomic E-state index is 0.0253. The fourth-order valence-corrected chi connectivity index (χ4v) is 3.51. The first-order valence-corrected chi connectivity index (χ1v) is 7.21. The summed E-state index contributed by atoms with van der Waals surface area (Å²) in [5.74, 6) is 0.763. The van der Waals surface area contributed by atoms with E-state index >= 15 is 0 Å². The van der Waals surface area contributed by atoms with Crippen molar-refractivity contribution in [3.8, 4) is 0 Å². The number of hydrogen-bond acceptors (Lipinski definition) is 3. The molecule has 0 radical (unpaired) electrons. The van der Waals surface area contributed by atoms with E-state index in [1.54, 1.807) is 0 Å². The lowest BCUT2D eigenvalue weighted by Gasteiger charge is -2.43. The molecule has 3 heteroatoms. The average molecular weight is 266 g/mol. The number of ether oxygens (including phenoxy) is 2. The van der Waals surface area contributed by atoms with Crippen molar-refractivity contribution >= 4 is 5.97 Å². The Hall–Kier alpha value is -0.830. The van der Waals surface area contributed by atoms with Gasteiger partial charge in [0.2, 0.25) is 0 Å². The highest BCUT2D eigenvalue weighted by molar-refractivity contribution is 5.66. The largest absolute Gasteiger partial charge is 0.459 e. The van der Waals surface area contributed by atoms with Crippen molar-refractivity contribution in [1.29, 1.82) is 0 Å². The van der Waals surface area contributed by atoms with Gasteiger partial charge < -0.3 is 9.47 Å². The van der Waals surface area contributed by atoms with E-state index in [1.165, 1.54) is 6.92 Å². The molecule has 2 rings (SSSR count). The van der Waals surface area contributed by atoms with Gasteiger partial charge in [0, 0.05) is 12.8 Å². The fraction of sp³-hybridized carbons (Fsp3) is 0.812. The van der Waals surface area contributed by atoms with Gasteiger partial charge in [0.05, 0.1) is 11.7 Å². The molecule has 0 bridgehead atoms. The smallest absolute Gasteiger partial charge is 0.303 e. The van der Waals surface area contributed by atoms with E-state index in [4.69, 9.17) is 9.47 Å². The molecule has 3 nitrogen and oxygen atoms in total. The van der Waals surface area contributed by atoms with Gasteiger partial charge in [-0.3, -0.25) is 4.79 Å². The van der Waals surface area contributed by atoms with E-state index in [0.717, 1.165) is 6.42 Å². The Labute approximate surface area is 116 Å². The summed E-state index contributed by atoms with van der Waals surface area (Å²) >= 11 is 0. The van der Waals surface area contributed by atoms with E-state index in [2.05, 4.69) is 33.8 Å². The number of epoxide rings is 1. The van der Waals surface area contributed by atoms with Gasteiger partial charge in [-0.25, -0.2) is 0 Å². The van der Waals surface area contributed by atoms with Crippen molar-refractivity contribution in [3.05, 3.63) is 12.2 Å². The summed E-state index contributed by atoms with van der Waals surface area (Å²) in [5.41, 5.74) is 0.177. The van der Waals surface area contributed by atoms with Crippen LogP contribution in [0.5, 0.6) is 0 Å². The maximum atomic E-state index is 10.9. The third-order valence-corrected chi connectivity index (χ3v) is 5.16. The highest BCUT2D eigenvalue weighted by Crippen LogP contribution is 2.60. The van der Waals surface area contributed by atoms with Crippen LogP contribution in [0.25, 0.3) is 0 Å².